The van der Waals surface area contributed by atoms with Gasteiger partial charge in [-0.2, -0.15) is 5.10 Å². The van der Waals surface area contributed by atoms with Crippen LogP contribution in [0.5, 0.6) is 0 Å². The van der Waals surface area contributed by atoms with Crippen molar-refractivity contribution in [3.63, 3.8) is 0 Å². The number of para-hydroxylation sites is 2. The van der Waals surface area contributed by atoms with E-state index < -0.39 is 0 Å². The number of hydrogen-bond donors (Lipinski definition) is 2. The number of amides is 1. The molecule has 2 aromatic heterocycles. The van der Waals surface area contributed by atoms with E-state index in [1.54, 1.807) is 0 Å². The van der Waals surface area contributed by atoms with Crippen LogP contribution in [0.3, 0.4) is 0 Å². The smallest absolute Gasteiger partial charge is 0.228 e. The van der Waals surface area contributed by atoms with Crippen LogP contribution in [0.1, 0.15) is 44.5 Å². The first-order valence-electron chi connectivity index (χ1n) is 7.66. The molecule has 0 aliphatic carbocycles. The highest BCUT2D eigenvalue weighted by atomic mass is 16.1. The highest BCUT2D eigenvalue weighted by Crippen LogP contribution is 2.24. The Morgan fingerprint density at radius 3 is 2.78 bits per heavy atom. The maximum Gasteiger partial charge on any atom is 0.228 e. The van der Waals surface area contributed by atoms with Crippen molar-refractivity contribution >= 4 is 16.9 Å². The molecule has 0 spiro atoms. The fourth-order valence-corrected chi connectivity index (χ4v) is 2.74. The van der Waals surface area contributed by atoms with Gasteiger partial charge in [0.05, 0.1) is 23.5 Å². The van der Waals surface area contributed by atoms with Crippen LogP contribution in [0.4, 0.5) is 0 Å². The monoisotopic (exact) mass is 312 g/mol. The number of aromatic amines is 1. The van der Waals surface area contributed by atoms with Crippen LogP contribution < -0.4 is 5.32 Å². The molecule has 120 valence electrons. The third-order valence-corrected chi connectivity index (χ3v) is 3.70. The number of rotatable bonds is 5. The Morgan fingerprint density at radius 1 is 1.30 bits per heavy atom. The highest BCUT2D eigenvalue weighted by molar-refractivity contribution is 5.79. The van der Waals surface area contributed by atoms with E-state index in [1.807, 2.05) is 25.1 Å². The molecule has 0 aliphatic rings. The van der Waals surface area contributed by atoms with Gasteiger partial charge in [-0.1, -0.05) is 12.1 Å². The van der Waals surface area contributed by atoms with Gasteiger partial charge in [0.25, 0.3) is 0 Å². The predicted octanol–water partition coefficient (Wildman–Crippen LogP) is 2.16. The summed E-state index contributed by atoms with van der Waals surface area (Å²) in [6, 6.07) is 8.07. The molecule has 1 atom stereocenters. The molecule has 0 fully saturated rings. The van der Waals surface area contributed by atoms with Gasteiger partial charge in [-0.05, 0) is 32.9 Å². The Hall–Kier alpha value is -2.70. The minimum Gasteiger partial charge on any atom is -0.346 e. The Labute approximate surface area is 134 Å². The lowest BCUT2D eigenvalue weighted by atomic mass is 10.2. The summed E-state index contributed by atoms with van der Waals surface area (Å²) in [5, 5.41) is 9.42. The lowest BCUT2D eigenvalue weighted by Gasteiger charge is -2.18. The lowest BCUT2D eigenvalue weighted by Crippen LogP contribution is -2.30. The van der Waals surface area contributed by atoms with Gasteiger partial charge in [0.1, 0.15) is 18.0 Å². The molecule has 2 N–H and O–H groups in total. The van der Waals surface area contributed by atoms with Crippen molar-refractivity contribution in [2.75, 3.05) is 0 Å². The molecule has 2 heterocycles. The zero-order chi connectivity index (χ0) is 16.4. The summed E-state index contributed by atoms with van der Waals surface area (Å²) in [4.78, 5) is 20.8. The zero-order valence-corrected chi connectivity index (χ0v) is 13.4. The quantitative estimate of drug-likeness (QED) is 0.755. The number of hydrogen-bond acceptors (Lipinski definition) is 4. The van der Waals surface area contributed by atoms with Crippen LogP contribution in [-0.2, 0) is 11.2 Å². The van der Waals surface area contributed by atoms with Gasteiger partial charge in [0, 0.05) is 6.04 Å². The first-order valence-corrected chi connectivity index (χ1v) is 7.66. The summed E-state index contributed by atoms with van der Waals surface area (Å²) in [7, 11) is 0. The largest absolute Gasteiger partial charge is 0.346 e. The molecule has 3 rings (SSSR count). The number of aromatic nitrogens is 5. The fraction of sp³-hybridized carbons (Fsp3) is 0.375. The molecule has 0 bridgehead atoms. The van der Waals surface area contributed by atoms with Gasteiger partial charge < -0.3 is 9.88 Å². The van der Waals surface area contributed by atoms with Gasteiger partial charge in [0.2, 0.25) is 5.91 Å². The fourth-order valence-electron chi connectivity index (χ4n) is 2.74. The summed E-state index contributed by atoms with van der Waals surface area (Å²) in [5.41, 5.74) is 2.02. The molecule has 0 aliphatic heterocycles. The lowest BCUT2D eigenvalue weighted by molar-refractivity contribution is -0.121. The van der Waals surface area contributed by atoms with E-state index in [0.717, 1.165) is 16.9 Å². The van der Waals surface area contributed by atoms with E-state index in [1.165, 1.54) is 6.33 Å². The zero-order valence-electron chi connectivity index (χ0n) is 13.4. The number of nitrogens with zero attached hydrogens (tertiary/aromatic N) is 4. The number of H-pyrrole nitrogens is 1. The van der Waals surface area contributed by atoms with Crippen LogP contribution in [0.2, 0.25) is 0 Å². The Bertz CT molecular complexity index is 805. The number of imidazole rings is 1. The Balaban J connectivity index is 1.84. The van der Waals surface area contributed by atoms with E-state index >= 15 is 0 Å². The molecular formula is C16H20N6O. The maximum atomic E-state index is 12.2. The van der Waals surface area contributed by atoms with Crippen molar-refractivity contribution in [1.82, 2.24) is 30.0 Å². The summed E-state index contributed by atoms with van der Waals surface area (Å²) in [6.45, 7) is 6.17. The molecule has 0 unspecified atom stereocenters. The highest BCUT2D eigenvalue weighted by Gasteiger charge is 2.20. The van der Waals surface area contributed by atoms with Crippen LogP contribution in [0.15, 0.2) is 30.6 Å². The average Bonchev–Trinajstić information content (AvgIpc) is 3.13. The summed E-state index contributed by atoms with van der Waals surface area (Å²) in [6.07, 6.45) is 1.57. The molecule has 7 heteroatoms. The second-order valence-corrected chi connectivity index (χ2v) is 5.82. The van der Waals surface area contributed by atoms with Crippen LogP contribution in [0.25, 0.3) is 11.0 Å². The number of benzene rings is 1. The maximum absolute atomic E-state index is 12.2. The molecule has 1 aromatic carbocycles. The van der Waals surface area contributed by atoms with Crippen molar-refractivity contribution in [2.24, 2.45) is 0 Å². The van der Waals surface area contributed by atoms with Gasteiger partial charge >= 0.3 is 0 Å². The topological polar surface area (TPSA) is 88.5 Å². The average molecular weight is 312 g/mol. The predicted molar refractivity (Wildman–Crippen MR) is 86.8 cm³/mol. The molecule has 0 radical (unpaired) electrons. The third kappa shape index (κ3) is 3.08. The summed E-state index contributed by atoms with van der Waals surface area (Å²) < 4.78 is 2.16. The molecule has 1 amide bonds. The Kier molecular flexibility index (Phi) is 4.10. The van der Waals surface area contributed by atoms with Crippen molar-refractivity contribution < 1.29 is 4.79 Å². The number of nitrogens with one attached hydrogen (secondary N) is 2. The van der Waals surface area contributed by atoms with E-state index in [2.05, 4.69) is 45.0 Å². The first-order chi connectivity index (χ1) is 11.1. The molecular weight excluding hydrogens is 292 g/mol. The Morgan fingerprint density at radius 2 is 2.09 bits per heavy atom. The SMILES string of the molecule is CC(C)n1c([C@H](C)NC(=O)Cc2ncn[nH]2)nc2ccccc21. The van der Waals surface area contributed by atoms with Crippen molar-refractivity contribution in [2.45, 2.75) is 39.3 Å². The van der Waals surface area contributed by atoms with Crippen molar-refractivity contribution in [3.8, 4) is 0 Å². The summed E-state index contributed by atoms with van der Waals surface area (Å²) >= 11 is 0. The van der Waals surface area contributed by atoms with E-state index in [-0.39, 0.29) is 24.4 Å². The standard InChI is InChI=1S/C16H20N6O/c1-10(2)22-13-7-5-4-6-12(13)20-16(22)11(3)19-15(23)8-14-17-9-18-21-14/h4-7,9-11H,8H2,1-3H3,(H,19,23)(H,17,18,21)/t11-/m0/s1. The van der Waals surface area contributed by atoms with Crippen molar-refractivity contribution in [3.05, 3.63) is 42.2 Å². The summed E-state index contributed by atoms with van der Waals surface area (Å²) in [5.74, 6) is 1.29. The minimum absolute atomic E-state index is 0.114. The molecule has 23 heavy (non-hydrogen) atoms. The van der Waals surface area contributed by atoms with E-state index in [9.17, 15) is 4.79 Å². The van der Waals surface area contributed by atoms with Gasteiger partial charge in [-0.3, -0.25) is 9.89 Å². The minimum atomic E-state index is -0.194. The number of fused-ring (bicyclic) bond motifs is 1. The second-order valence-electron chi connectivity index (χ2n) is 5.82. The number of carbonyl (C=O) groups is 1. The molecule has 0 saturated heterocycles. The van der Waals surface area contributed by atoms with E-state index in [4.69, 9.17) is 4.98 Å². The molecule has 0 saturated carbocycles. The number of carbonyl (C=O) groups excluding carboxylic acids is 1. The van der Waals surface area contributed by atoms with Gasteiger partial charge in [0.15, 0.2) is 0 Å². The second kappa shape index (κ2) is 6.20. The third-order valence-electron chi connectivity index (χ3n) is 3.70. The van der Waals surface area contributed by atoms with Crippen LogP contribution in [0, 0.1) is 0 Å². The van der Waals surface area contributed by atoms with Crippen molar-refractivity contribution in [1.29, 1.82) is 0 Å². The molecule has 3 aromatic rings. The molecule has 7 nitrogen and oxygen atoms in total. The van der Waals surface area contributed by atoms with Crippen LogP contribution in [-0.4, -0.2) is 30.6 Å². The first kappa shape index (κ1) is 15.2. The van der Waals surface area contributed by atoms with Gasteiger partial charge in [-0.25, -0.2) is 9.97 Å². The van der Waals surface area contributed by atoms with Gasteiger partial charge in [-0.15, -0.1) is 0 Å². The normalized spacial score (nSPS) is 12.7. The van der Waals surface area contributed by atoms with Crippen LogP contribution >= 0.6 is 0 Å². The van der Waals surface area contributed by atoms with E-state index in [0.29, 0.717) is 5.82 Å².